The number of nitrogens with two attached hydrogens (primary N) is 1. The molecule has 0 aliphatic heterocycles. The Labute approximate surface area is 121 Å². The highest BCUT2D eigenvalue weighted by atomic mass is 79.9. The maximum Gasteiger partial charge on any atom is 0.106 e. The van der Waals surface area contributed by atoms with Crippen LogP contribution in [0.1, 0.15) is 4.88 Å². The monoisotopic (exact) mass is 339 g/mol. The molecule has 3 aromatic rings. The molecular formula is C12H10BrN3S2. The third kappa shape index (κ3) is 2.23. The number of hydrogen-bond acceptors (Lipinski definition) is 5. The Morgan fingerprint density at radius 1 is 1.33 bits per heavy atom. The molecule has 1 aromatic carbocycles. The Kier molecular flexibility index (Phi) is 3.23. The lowest BCUT2D eigenvalue weighted by Crippen LogP contribution is -2.01. The fourth-order valence-electron chi connectivity index (χ4n) is 1.74. The highest BCUT2D eigenvalue weighted by molar-refractivity contribution is 9.10. The van der Waals surface area contributed by atoms with Gasteiger partial charge in [0.15, 0.2) is 0 Å². The molecule has 92 valence electrons. The van der Waals surface area contributed by atoms with Crippen molar-refractivity contribution in [2.75, 3.05) is 11.1 Å². The number of nitrogen functional groups attached to an aromatic ring is 1. The van der Waals surface area contributed by atoms with E-state index in [9.17, 15) is 0 Å². The fourth-order valence-corrected chi connectivity index (χ4v) is 3.82. The van der Waals surface area contributed by atoms with Crippen LogP contribution in [0.15, 0.2) is 33.6 Å². The highest BCUT2D eigenvalue weighted by Gasteiger charge is 2.06. The predicted octanol–water partition coefficient (Wildman–Crippen LogP) is 4.31. The van der Waals surface area contributed by atoms with Crippen molar-refractivity contribution in [1.82, 2.24) is 4.98 Å². The SMILES string of the molecule is Nc1c(NCc2cc(Br)cs2)ccc2scnc12. The minimum Gasteiger partial charge on any atom is -0.395 e. The van der Waals surface area contributed by atoms with Gasteiger partial charge >= 0.3 is 0 Å². The van der Waals surface area contributed by atoms with Crippen LogP contribution in [0, 0.1) is 0 Å². The Morgan fingerprint density at radius 2 is 2.22 bits per heavy atom. The largest absolute Gasteiger partial charge is 0.395 e. The number of halogens is 1. The minimum absolute atomic E-state index is 0.726. The van der Waals surface area contributed by atoms with E-state index < -0.39 is 0 Å². The van der Waals surface area contributed by atoms with E-state index in [1.165, 1.54) is 4.88 Å². The van der Waals surface area contributed by atoms with E-state index in [0.29, 0.717) is 0 Å². The van der Waals surface area contributed by atoms with Crippen LogP contribution in [-0.2, 0) is 6.54 Å². The van der Waals surface area contributed by atoms with E-state index in [1.54, 1.807) is 22.7 Å². The van der Waals surface area contributed by atoms with Gasteiger partial charge in [-0.15, -0.1) is 22.7 Å². The quantitative estimate of drug-likeness (QED) is 0.699. The van der Waals surface area contributed by atoms with Crippen LogP contribution in [0.25, 0.3) is 10.2 Å². The van der Waals surface area contributed by atoms with Crippen LogP contribution in [-0.4, -0.2) is 4.98 Å². The number of nitrogens with zero attached hydrogens (tertiary/aromatic N) is 1. The molecule has 3 rings (SSSR count). The van der Waals surface area contributed by atoms with Crippen LogP contribution in [0.2, 0.25) is 0 Å². The summed E-state index contributed by atoms with van der Waals surface area (Å²) in [6.07, 6.45) is 0. The van der Waals surface area contributed by atoms with Crippen LogP contribution < -0.4 is 11.1 Å². The predicted molar refractivity (Wildman–Crippen MR) is 83.4 cm³/mol. The van der Waals surface area contributed by atoms with Gasteiger partial charge in [0.1, 0.15) is 5.52 Å². The first-order valence-electron chi connectivity index (χ1n) is 5.32. The van der Waals surface area contributed by atoms with Gasteiger partial charge in [-0.05, 0) is 34.1 Å². The number of fused-ring (bicyclic) bond motifs is 1. The second-order valence-corrected chi connectivity index (χ2v) is 6.61. The van der Waals surface area contributed by atoms with E-state index in [4.69, 9.17) is 5.73 Å². The average molecular weight is 340 g/mol. The van der Waals surface area contributed by atoms with Gasteiger partial charge in [0.25, 0.3) is 0 Å². The molecule has 2 heterocycles. The molecular weight excluding hydrogens is 330 g/mol. The maximum atomic E-state index is 6.11. The van der Waals surface area contributed by atoms with Gasteiger partial charge < -0.3 is 11.1 Å². The van der Waals surface area contributed by atoms with E-state index in [-0.39, 0.29) is 0 Å². The molecule has 0 spiro atoms. The number of thiophene rings is 1. The zero-order valence-electron chi connectivity index (χ0n) is 9.31. The van der Waals surface area contributed by atoms with Gasteiger partial charge in [-0.25, -0.2) is 4.98 Å². The second-order valence-electron chi connectivity index (χ2n) is 3.81. The molecule has 3 nitrogen and oxygen atoms in total. The lowest BCUT2D eigenvalue weighted by molar-refractivity contribution is 1.19. The number of nitrogens with one attached hydrogen (secondary N) is 1. The molecule has 0 aliphatic rings. The van der Waals surface area contributed by atoms with E-state index in [2.05, 4.69) is 43.7 Å². The molecule has 0 atom stereocenters. The zero-order valence-corrected chi connectivity index (χ0v) is 12.5. The number of benzene rings is 1. The van der Waals surface area contributed by atoms with Gasteiger partial charge in [-0.1, -0.05) is 0 Å². The van der Waals surface area contributed by atoms with Gasteiger partial charge in [0.2, 0.25) is 0 Å². The zero-order chi connectivity index (χ0) is 12.5. The lowest BCUT2D eigenvalue weighted by atomic mass is 10.2. The molecule has 0 amide bonds. The molecule has 0 saturated carbocycles. The summed E-state index contributed by atoms with van der Waals surface area (Å²) < 4.78 is 2.24. The smallest absolute Gasteiger partial charge is 0.106 e. The van der Waals surface area contributed by atoms with Crippen molar-refractivity contribution in [1.29, 1.82) is 0 Å². The van der Waals surface area contributed by atoms with Crippen molar-refractivity contribution in [3.8, 4) is 0 Å². The topological polar surface area (TPSA) is 50.9 Å². The maximum absolute atomic E-state index is 6.11. The molecule has 0 aliphatic carbocycles. The standard InChI is InChI=1S/C12H10BrN3S2/c13-7-3-8(17-5-7)4-15-9-1-2-10-12(11(9)14)16-6-18-10/h1-3,5-6,15H,4,14H2. The molecule has 0 fully saturated rings. The average Bonchev–Trinajstić information content (AvgIpc) is 2.97. The summed E-state index contributed by atoms with van der Waals surface area (Å²) in [5, 5.41) is 5.43. The molecule has 2 aromatic heterocycles. The Balaban J connectivity index is 1.84. The van der Waals surface area contributed by atoms with Crippen molar-refractivity contribution < 1.29 is 0 Å². The summed E-state index contributed by atoms with van der Waals surface area (Å²) in [6.45, 7) is 0.774. The third-order valence-corrected chi connectivity index (χ3v) is 5.11. The molecule has 6 heteroatoms. The van der Waals surface area contributed by atoms with Crippen molar-refractivity contribution in [3.63, 3.8) is 0 Å². The van der Waals surface area contributed by atoms with Gasteiger partial charge in [0.05, 0.1) is 21.6 Å². The molecule has 0 saturated heterocycles. The Morgan fingerprint density at radius 3 is 3.00 bits per heavy atom. The minimum atomic E-state index is 0.726. The Hall–Kier alpha value is -1.11. The number of anilines is 2. The molecule has 0 unspecified atom stereocenters. The van der Waals surface area contributed by atoms with Crippen molar-refractivity contribution in [2.24, 2.45) is 0 Å². The van der Waals surface area contributed by atoms with Crippen LogP contribution in [0.5, 0.6) is 0 Å². The fraction of sp³-hybridized carbons (Fsp3) is 0.0833. The summed E-state index contributed by atoms with van der Waals surface area (Å²) >= 11 is 6.77. The Bertz CT molecular complexity index is 690. The van der Waals surface area contributed by atoms with Crippen LogP contribution >= 0.6 is 38.6 Å². The van der Waals surface area contributed by atoms with Crippen molar-refractivity contribution >= 4 is 60.2 Å². The summed E-state index contributed by atoms with van der Waals surface area (Å²) in [4.78, 5) is 5.55. The number of rotatable bonds is 3. The first kappa shape index (κ1) is 12.0. The van der Waals surface area contributed by atoms with Gasteiger partial charge in [-0.3, -0.25) is 0 Å². The van der Waals surface area contributed by atoms with E-state index in [1.807, 2.05) is 11.6 Å². The first-order valence-corrected chi connectivity index (χ1v) is 7.88. The number of hydrogen-bond donors (Lipinski definition) is 2. The normalized spacial score (nSPS) is 10.9. The van der Waals surface area contributed by atoms with Crippen molar-refractivity contribution in [3.05, 3.63) is 38.4 Å². The highest BCUT2D eigenvalue weighted by Crippen LogP contribution is 2.30. The van der Waals surface area contributed by atoms with Crippen LogP contribution in [0.4, 0.5) is 11.4 Å². The molecule has 0 radical (unpaired) electrons. The summed E-state index contributed by atoms with van der Waals surface area (Å²) in [5.74, 6) is 0. The van der Waals surface area contributed by atoms with Crippen molar-refractivity contribution in [2.45, 2.75) is 6.54 Å². The van der Waals surface area contributed by atoms with Crippen LogP contribution in [0.3, 0.4) is 0 Å². The lowest BCUT2D eigenvalue weighted by Gasteiger charge is -2.08. The summed E-state index contributed by atoms with van der Waals surface area (Å²) in [6, 6.07) is 6.17. The third-order valence-electron chi connectivity index (χ3n) is 2.62. The van der Waals surface area contributed by atoms with Gasteiger partial charge in [0, 0.05) is 21.3 Å². The molecule has 3 N–H and O–H groups in total. The second kappa shape index (κ2) is 4.87. The molecule has 0 bridgehead atoms. The number of aromatic nitrogens is 1. The van der Waals surface area contributed by atoms with E-state index in [0.717, 1.165) is 32.6 Å². The first-order chi connectivity index (χ1) is 8.74. The molecule has 18 heavy (non-hydrogen) atoms. The van der Waals surface area contributed by atoms with Gasteiger partial charge in [-0.2, -0.15) is 0 Å². The van der Waals surface area contributed by atoms with E-state index >= 15 is 0 Å². The summed E-state index contributed by atoms with van der Waals surface area (Å²) in [5.41, 5.74) is 10.5. The number of thiazole rings is 1. The summed E-state index contributed by atoms with van der Waals surface area (Å²) in [7, 11) is 0.